The van der Waals surface area contributed by atoms with Gasteiger partial charge in [0.15, 0.2) is 11.5 Å². The molecule has 0 saturated heterocycles. The predicted octanol–water partition coefficient (Wildman–Crippen LogP) is 2.44. The summed E-state index contributed by atoms with van der Waals surface area (Å²) in [5.74, 6) is 1.05. The van der Waals surface area contributed by atoms with E-state index in [4.69, 9.17) is 14.7 Å². The molecule has 0 spiro atoms. The minimum Gasteiger partial charge on any atom is -0.454 e. The van der Waals surface area contributed by atoms with E-state index in [1.165, 1.54) is 4.90 Å². The number of fused-ring (bicyclic) bond motifs is 2. The lowest BCUT2D eigenvalue weighted by Crippen LogP contribution is -2.42. The van der Waals surface area contributed by atoms with Crippen LogP contribution in [0.25, 0.3) is 0 Å². The highest BCUT2D eigenvalue weighted by Gasteiger charge is 2.35. The molecule has 0 saturated carbocycles. The Labute approximate surface area is 132 Å². The molecule has 1 atom stereocenters. The van der Waals surface area contributed by atoms with Crippen LogP contribution in [0.3, 0.4) is 0 Å². The first kappa shape index (κ1) is 13.5. The summed E-state index contributed by atoms with van der Waals surface area (Å²) in [5.41, 5.74) is 2.23. The van der Waals surface area contributed by atoms with E-state index in [0.29, 0.717) is 17.2 Å². The van der Waals surface area contributed by atoms with Crippen molar-refractivity contribution in [3.8, 4) is 17.6 Å². The minimum absolute atomic E-state index is 0.0174. The summed E-state index contributed by atoms with van der Waals surface area (Å²) in [5, 5.41) is 12.3. The Morgan fingerprint density at radius 3 is 2.70 bits per heavy atom. The van der Waals surface area contributed by atoms with E-state index in [9.17, 15) is 4.79 Å². The standard InChI is InChI=1S/C17H13N3O3/c18-6-7-20-13-9-15-14(22-10-23-15)8-12(13)19-16(17(20)21)11-4-2-1-3-5-11/h1-5,8-9,16,19H,7,10H2. The molecule has 6 heteroatoms. The number of benzene rings is 2. The lowest BCUT2D eigenvalue weighted by molar-refractivity contribution is -0.119. The van der Waals surface area contributed by atoms with Gasteiger partial charge in [-0.05, 0) is 5.56 Å². The molecule has 2 aliphatic heterocycles. The summed E-state index contributed by atoms with van der Waals surface area (Å²) < 4.78 is 10.8. The fraction of sp³-hybridized carbons (Fsp3) is 0.176. The Kier molecular flexibility index (Phi) is 3.05. The van der Waals surface area contributed by atoms with Crippen LogP contribution in [0.15, 0.2) is 42.5 Å². The van der Waals surface area contributed by atoms with E-state index in [-0.39, 0.29) is 19.2 Å². The third kappa shape index (κ3) is 2.14. The molecule has 0 fully saturated rings. The minimum atomic E-state index is -0.530. The van der Waals surface area contributed by atoms with Crippen molar-refractivity contribution in [3.05, 3.63) is 48.0 Å². The highest BCUT2D eigenvalue weighted by Crippen LogP contribution is 2.45. The molecular weight excluding hydrogens is 294 g/mol. The zero-order chi connectivity index (χ0) is 15.8. The maximum absolute atomic E-state index is 12.8. The van der Waals surface area contributed by atoms with Gasteiger partial charge < -0.3 is 14.8 Å². The average Bonchev–Trinajstić information content (AvgIpc) is 3.03. The summed E-state index contributed by atoms with van der Waals surface area (Å²) in [6.07, 6.45) is 0. The summed E-state index contributed by atoms with van der Waals surface area (Å²) in [7, 11) is 0. The molecule has 4 rings (SSSR count). The smallest absolute Gasteiger partial charge is 0.255 e. The van der Waals surface area contributed by atoms with E-state index in [2.05, 4.69) is 11.4 Å². The monoisotopic (exact) mass is 307 g/mol. The molecule has 1 amide bonds. The van der Waals surface area contributed by atoms with Gasteiger partial charge in [-0.2, -0.15) is 5.26 Å². The third-order valence-corrected chi connectivity index (χ3v) is 3.96. The number of ether oxygens (including phenoxy) is 2. The quantitative estimate of drug-likeness (QED) is 0.863. The maximum Gasteiger partial charge on any atom is 0.255 e. The molecule has 114 valence electrons. The lowest BCUT2D eigenvalue weighted by atomic mass is 10.0. The van der Waals surface area contributed by atoms with Crippen molar-refractivity contribution >= 4 is 17.3 Å². The fourth-order valence-corrected chi connectivity index (χ4v) is 2.87. The van der Waals surface area contributed by atoms with Gasteiger partial charge in [-0.25, -0.2) is 0 Å². The van der Waals surface area contributed by atoms with Crippen LogP contribution >= 0.6 is 0 Å². The molecular formula is C17H13N3O3. The molecule has 0 radical (unpaired) electrons. The number of amides is 1. The summed E-state index contributed by atoms with van der Waals surface area (Å²) in [6.45, 7) is 0.142. The van der Waals surface area contributed by atoms with E-state index in [1.807, 2.05) is 36.4 Å². The Bertz CT molecular complexity index is 814. The van der Waals surface area contributed by atoms with Gasteiger partial charge in [0.2, 0.25) is 6.79 Å². The summed E-state index contributed by atoms with van der Waals surface area (Å²) in [6, 6.07) is 14.5. The number of anilines is 2. The van der Waals surface area contributed by atoms with Crippen LogP contribution in [0.2, 0.25) is 0 Å². The Morgan fingerprint density at radius 2 is 1.96 bits per heavy atom. The SMILES string of the molecule is N#CCN1C(=O)C(c2ccccc2)Nc2cc3c(cc21)OCO3. The number of nitrogens with one attached hydrogen (secondary N) is 1. The van der Waals surface area contributed by atoms with Gasteiger partial charge in [0, 0.05) is 12.1 Å². The number of carbonyl (C=O) groups is 1. The Morgan fingerprint density at radius 1 is 1.22 bits per heavy atom. The number of hydrogen-bond donors (Lipinski definition) is 1. The van der Waals surface area contributed by atoms with Crippen molar-refractivity contribution in [2.24, 2.45) is 0 Å². The molecule has 2 aromatic rings. The fourth-order valence-electron chi connectivity index (χ4n) is 2.87. The normalized spacial score (nSPS) is 18.1. The van der Waals surface area contributed by atoms with Crippen LogP contribution in [0.5, 0.6) is 11.5 Å². The lowest BCUT2D eigenvalue weighted by Gasteiger charge is -2.34. The highest BCUT2D eigenvalue weighted by molar-refractivity contribution is 6.06. The molecule has 1 unspecified atom stereocenters. The number of nitriles is 1. The highest BCUT2D eigenvalue weighted by atomic mass is 16.7. The van der Waals surface area contributed by atoms with Crippen LogP contribution in [-0.4, -0.2) is 19.2 Å². The van der Waals surface area contributed by atoms with Crippen LogP contribution in [0.4, 0.5) is 11.4 Å². The molecule has 0 aromatic heterocycles. The maximum atomic E-state index is 12.8. The van der Waals surface area contributed by atoms with Crippen molar-refractivity contribution < 1.29 is 14.3 Å². The van der Waals surface area contributed by atoms with E-state index in [1.54, 1.807) is 6.07 Å². The van der Waals surface area contributed by atoms with Crippen LogP contribution in [0.1, 0.15) is 11.6 Å². The second-order valence-electron chi connectivity index (χ2n) is 5.29. The van der Waals surface area contributed by atoms with Gasteiger partial charge >= 0.3 is 0 Å². The van der Waals surface area contributed by atoms with Gasteiger partial charge in [0.25, 0.3) is 5.91 Å². The van der Waals surface area contributed by atoms with Crippen molar-refractivity contribution in [2.75, 3.05) is 23.6 Å². The Hall–Kier alpha value is -3.20. The molecule has 2 heterocycles. The predicted molar refractivity (Wildman–Crippen MR) is 83.3 cm³/mol. The Balaban J connectivity index is 1.81. The van der Waals surface area contributed by atoms with Crippen molar-refractivity contribution in [2.45, 2.75) is 6.04 Å². The first-order chi connectivity index (χ1) is 11.3. The van der Waals surface area contributed by atoms with E-state index < -0.39 is 6.04 Å². The molecule has 2 aromatic carbocycles. The second kappa shape index (κ2) is 5.21. The largest absolute Gasteiger partial charge is 0.454 e. The molecule has 0 aliphatic carbocycles. The first-order valence-corrected chi connectivity index (χ1v) is 7.21. The second-order valence-corrected chi connectivity index (χ2v) is 5.29. The van der Waals surface area contributed by atoms with Gasteiger partial charge in [0.05, 0.1) is 17.4 Å². The number of nitrogens with zero attached hydrogens (tertiary/aromatic N) is 2. The molecule has 2 aliphatic rings. The van der Waals surface area contributed by atoms with Crippen LogP contribution in [-0.2, 0) is 4.79 Å². The van der Waals surface area contributed by atoms with Gasteiger partial charge in [-0.1, -0.05) is 30.3 Å². The van der Waals surface area contributed by atoms with Crippen LogP contribution < -0.4 is 19.7 Å². The zero-order valence-electron chi connectivity index (χ0n) is 12.2. The van der Waals surface area contributed by atoms with Crippen molar-refractivity contribution in [3.63, 3.8) is 0 Å². The number of rotatable bonds is 2. The topological polar surface area (TPSA) is 74.6 Å². The van der Waals surface area contributed by atoms with Crippen molar-refractivity contribution in [1.29, 1.82) is 5.26 Å². The zero-order valence-corrected chi connectivity index (χ0v) is 12.2. The summed E-state index contributed by atoms with van der Waals surface area (Å²) >= 11 is 0. The molecule has 6 nitrogen and oxygen atoms in total. The van der Waals surface area contributed by atoms with E-state index >= 15 is 0 Å². The molecule has 0 bridgehead atoms. The molecule has 1 N–H and O–H groups in total. The number of hydrogen-bond acceptors (Lipinski definition) is 5. The van der Waals surface area contributed by atoms with Gasteiger partial charge in [-0.15, -0.1) is 0 Å². The third-order valence-electron chi connectivity index (χ3n) is 3.96. The van der Waals surface area contributed by atoms with E-state index in [0.717, 1.165) is 11.3 Å². The van der Waals surface area contributed by atoms with Gasteiger partial charge in [0.1, 0.15) is 12.6 Å². The number of carbonyl (C=O) groups excluding carboxylic acids is 1. The van der Waals surface area contributed by atoms with Crippen molar-refractivity contribution in [1.82, 2.24) is 0 Å². The average molecular weight is 307 g/mol. The summed E-state index contributed by atoms with van der Waals surface area (Å²) in [4.78, 5) is 14.3. The molecule has 23 heavy (non-hydrogen) atoms. The first-order valence-electron chi connectivity index (χ1n) is 7.21. The van der Waals surface area contributed by atoms with Crippen LogP contribution in [0, 0.1) is 11.3 Å². The van der Waals surface area contributed by atoms with Gasteiger partial charge in [-0.3, -0.25) is 9.69 Å².